The molecule has 6 nitrogen and oxygen atoms in total. The number of hydrogen-bond acceptors (Lipinski definition) is 5. The molecule has 0 bridgehead atoms. The van der Waals surface area contributed by atoms with Gasteiger partial charge in [-0.15, -0.1) is 0 Å². The fourth-order valence-electron chi connectivity index (χ4n) is 2.35. The van der Waals surface area contributed by atoms with Crippen molar-refractivity contribution in [3.05, 3.63) is 30.3 Å². The van der Waals surface area contributed by atoms with E-state index in [1.54, 1.807) is 4.68 Å². The first-order chi connectivity index (χ1) is 9.43. The number of anilines is 1. The largest absolute Gasteiger partial charge is 0.349 e. The van der Waals surface area contributed by atoms with Crippen LogP contribution in [0.3, 0.4) is 0 Å². The molecule has 2 N–H and O–H groups in total. The zero-order chi connectivity index (χ0) is 12.9. The van der Waals surface area contributed by atoms with Gasteiger partial charge in [-0.2, -0.15) is 4.68 Å². The van der Waals surface area contributed by atoms with Crippen molar-refractivity contribution in [3.63, 3.8) is 0 Å². The number of tetrazole rings is 1. The number of hydrogen-bond donors (Lipinski definition) is 2. The number of para-hydroxylation sites is 1. The Bertz CT molecular complexity index is 501. The third-order valence-electron chi connectivity index (χ3n) is 3.35. The van der Waals surface area contributed by atoms with Gasteiger partial charge in [-0.3, -0.25) is 0 Å². The summed E-state index contributed by atoms with van der Waals surface area (Å²) in [6.45, 7) is 2.06. The lowest BCUT2D eigenvalue weighted by atomic mass is 10.1. The number of benzene rings is 1. The first-order valence-corrected chi connectivity index (χ1v) is 6.74. The molecule has 3 rings (SSSR count). The minimum absolute atomic E-state index is 0.385. The molecule has 1 atom stereocenters. The topological polar surface area (TPSA) is 67.7 Å². The standard InChI is InChI=1S/C13H18N6/c1-2-7-12(8-3-1)19-13(16-17-18-19)15-11-6-4-5-9-14-10-11/h1-3,7-8,11,14H,4-6,9-10H2,(H,15,16,18). The summed E-state index contributed by atoms with van der Waals surface area (Å²) in [5.74, 6) is 0.708. The monoisotopic (exact) mass is 258 g/mol. The van der Waals surface area contributed by atoms with Crippen LogP contribution >= 0.6 is 0 Å². The van der Waals surface area contributed by atoms with E-state index in [9.17, 15) is 0 Å². The van der Waals surface area contributed by atoms with Gasteiger partial charge in [0, 0.05) is 12.6 Å². The van der Waals surface area contributed by atoms with Gasteiger partial charge in [0.1, 0.15) is 0 Å². The average molecular weight is 258 g/mol. The Kier molecular flexibility index (Phi) is 3.69. The van der Waals surface area contributed by atoms with E-state index in [1.807, 2.05) is 30.3 Å². The van der Waals surface area contributed by atoms with Gasteiger partial charge in [0.05, 0.1) is 5.69 Å². The van der Waals surface area contributed by atoms with Crippen molar-refractivity contribution in [3.8, 4) is 5.69 Å². The van der Waals surface area contributed by atoms with Crippen LogP contribution in [0.15, 0.2) is 30.3 Å². The third-order valence-corrected chi connectivity index (χ3v) is 3.35. The zero-order valence-electron chi connectivity index (χ0n) is 10.8. The van der Waals surface area contributed by atoms with Crippen LogP contribution in [0.5, 0.6) is 0 Å². The molecule has 6 heteroatoms. The molecule has 0 radical (unpaired) electrons. The van der Waals surface area contributed by atoms with E-state index in [2.05, 4.69) is 26.2 Å². The molecule has 1 aliphatic rings. The van der Waals surface area contributed by atoms with Crippen LogP contribution in [0.1, 0.15) is 19.3 Å². The van der Waals surface area contributed by atoms with Crippen molar-refractivity contribution >= 4 is 5.95 Å². The van der Waals surface area contributed by atoms with Crippen LogP contribution in [0.4, 0.5) is 5.95 Å². The molecule has 0 aliphatic carbocycles. The molecule has 0 spiro atoms. The highest BCUT2D eigenvalue weighted by atomic mass is 15.6. The predicted octanol–water partition coefficient (Wildman–Crippen LogP) is 1.22. The Hall–Kier alpha value is -1.95. The molecule has 1 saturated heterocycles. The normalized spacial score (nSPS) is 19.9. The minimum atomic E-state index is 0.385. The van der Waals surface area contributed by atoms with Crippen molar-refractivity contribution in [1.82, 2.24) is 25.5 Å². The average Bonchev–Trinajstić information content (AvgIpc) is 2.75. The molecule has 1 aromatic carbocycles. The summed E-state index contributed by atoms with van der Waals surface area (Å²) in [5.41, 5.74) is 0.969. The summed E-state index contributed by atoms with van der Waals surface area (Å²) in [7, 11) is 0. The van der Waals surface area contributed by atoms with E-state index < -0.39 is 0 Å². The van der Waals surface area contributed by atoms with Gasteiger partial charge in [-0.1, -0.05) is 29.7 Å². The second kappa shape index (κ2) is 5.79. The Morgan fingerprint density at radius 3 is 3.00 bits per heavy atom. The second-order valence-electron chi connectivity index (χ2n) is 4.79. The van der Waals surface area contributed by atoms with Gasteiger partial charge < -0.3 is 10.6 Å². The van der Waals surface area contributed by atoms with Crippen LogP contribution < -0.4 is 10.6 Å². The van der Waals surface area contributed by atoms with Crippen molar-refractivity contribution in [2.75, 3.05) is 18.4 Å². The molecule has 0 saturated carbocycles. The van der Waals surface area contributed by atoms with Gasteiger partial charge >= 0.3 is 0 Å². The number of rotatable bonds is 3. The van der Waals surface area contributed by atoms with Crippen molar-refractivity contribution < 1.29 is 0 Å². The minimum Gasteiger partial charge on any atom is -0.349 e. The van der Waals surface area contributed by atoms with Gasteiger partial charge in [0.15, 0.2) is 0 Å². The summed E-state index contributed by atoms with van der Waals surface area (Å²) in [4.78, 5) is 0. The fraction of sp³-hybridized carbons (Fsp3) is 0.462. The van der Waals surface area contributed by atoms with Gasteiger partial charge in [0.2, 0.25) is 5.95 Å². The smallest absolute Gasteiger partial charge is 0.248 e. The lowest BCUT2D eigenvalue weighted by Crippen LogP contribution is -2.32. The van der Waals surface area contributed by atoms with E-state index in [0.717, 1.165) is 25.2 Å². The van der Waals surface area contributed by atoms with Gasteiger partial charge in [0.25, 0.3) is 0 Å². The highest BCUT2D eigenvalue weighted by molar-refractivity contribution is 5.38. The van der Waals surface area contributed by atoms with Crippen LogP contribution in [-0.2, 0) is 0 Å². The number of nitrogens with one attached hydrogen (secondary N) is 2. The third kappa shape index (κ3) is 2.90. The molecular formula is C13H18N6. The summed E-state index contributed by atoms with van der Waals surface area (Å²) < 4.78 is 1.74. The lowest BCUT2D eigenvalue weighted by Gasteiger charge is -2.16. The number of aromatic nitrogens is 4. The van der Waals surface area contributed by atoms with Gasteiger partial charge in [-0.25, -0.2) is 0 Å². The molecule has 19 heavy (non-hydrogen) atoms. The van der Waals surface area contributed by atoms with Crippen molar-refractivity contribution in [2.24, 2.45) is 0 Å². The maximum absolute atomic E-state index is 4.08. The summed E-state index contributed by atoms with van der Waals surface area (Å²) in [5, 5.41) is 18.8. The first-order valence-electron chi connectivity index (χ1n) is 6.74. The molecule has 2 aromatic rings. The molecule has 2 heterocycles. The van der Waals surface area contributed by atoms with Crippen LogP contribution in [0, 0.1) is 0 Å². The van der Waals surface area contributed by atoms with Crippen LogP contribution in [0.25, 0.3) is 5.69 Å². The highest BCUT2D eigenvalue weighted by Gasteiger charge is 2.15. The molecule has 1 aliphatic heterocycles. The van der Waals surface area contributed by atoms with E-state index >= 15 is 0 Å². The van der Waals surface area contributed by atoms with Crippen LogP contribution in [-0.4, -0.2) is 39.3 Å². The lowest BCUT2D eigenvalue weighted by molar-refractivity contribution is 0.627. The molecule has 100 valence electrons. The van der Waals surface area contributed by atoms with E-state index in [-0.39, 0.29) is 0 Å². The van der Waals surface area contributed by atoms with Crippen LogP contribution in [0.2, 0.25) is 0 Å². The quantitative estimate of drug-likeness (QED) is 0.866. The molecule has 1 unspecified atom stereocenters. The summed E-state index contributed by atoms with van der Waals surface area (Å²) in [6, 6.07) is 10.3. The zero-order valence-corrected chi connectivity index (χ0v) is 10.8. The predicted molar refractivity (Wildman–Crippen MR) is 73.3 cm³/mol. The summed E-state index contributed by atoms with van der Waals surface area (Å²) >= 11 is 0. The van der Waals surface area contributed by atoms with E-state index in [4.69, 9.17) is 0 Å². The molecule has 1 aromatic heterocycles. The molecule has 0 amide bonds. The highest BCUT2D eigenvalue weighted by Crippen LogP contribution is 2.14. The Morgan fingerprint density at radius 2 is 2.11 bits per heavy atom. The molecular weight excluding hydrogens is 240 g/mol. The summed E-state index contributed by atoms with van der Waals surface area (Å²) in [6.07, 6.45) is 3.62. The maximum Gasteiger partial charge on any atom is 0.248 e. The Balaban J connectivity index is 1.76. The first kappa shape index (κ1) is 12.1. The number of nitrogens with zero attached hydrogens (tertiary/aromatic N) is 4. The second-order valence-corrected chi connectivity index (χ2v) is 4.79. The van der Waals surface area contributed by atoms with Gasteiger partial charge in [-0.05, 0) is 41.9 Å². The molecule has 1 fully saturated rings. The van der Waals surface area contributed by atoms with Crippen molar-refractivity contribution in [2.45, 2.75) is 25.3 Å². The van der Waals surface area contributed by atoms with Crippen molar-refractivity contribution in [1.29, 1.82) is 0 Å². The maximum atomic E-state index is 4.08. The van der Waals surface area contributed by atoms with E-state index in [1.165, 1.54) is 12.8 Å². The van der Waals surface area contributed by atoms with E-state index in [0.29, 0.717) is 12.0 Å². The Morgan fingerprint density at radius 1 is 1.21 bits per heavy atom. The SMILES string of the molecule is c1ccc(-n2nnnc2NC2CCCCNC2)cc1. The Labute approximate surface area is 112 Å². The fourth-order valence-corrected chi connectivity index (χ4v) is 2.35.